The van der Waals surface area contributed by atoms with E-state index in [2.05, 4.69) is 25.9 Å². The van der Waals surface area contributed by atoms with E-state index >= 15 is 4.39 Å². The molecule has 1 saturated carbocycles. The van der Waals surface area contributed by atoms with Gasteiger partial charge in [-0.3, -0.25) is 9.59 Å². The maximum Gasteiger partial charge on any atom is 0.251 e. The zero-order chi connectivity index (χ0) is 26.3. The molecule has 5 N–H and O–H groups in total. The van der Waals surface area contributed by atoms with Gasteiger partial charge in [0.25, 0.3) is 5.91 Å². The fourth-order valence-corrected chi connectivity index (χ4v) is 5.29. The van der Waals surface area contributed by atoms with Gasteiger partial charge in [-0.2, -0.15) is 4.98 Å². The van der Waals surface area contributed by atoms with Crippen molar-refractivity contribution in [3.63, 3.8) is 0 Å². The van der Waals surface area contributed by atoms with Crippen LogP contribution in [0.5, 0.6) is 0 Å². The average molecular weight is 521 g/mol. The molecule has 2 aromatic carbocycles. The molecule has 5 rings (SSSR count). The van der Waals surface area contributed by atoms with Crippen LogP contribution in [0.15, 0.2) is 54.4 Å². The van der Waals surface area contributed by atoms with Gasteiger partial charge in [-0.1, -0.05) is 29.8 Å². The van der Waals surface area contributed by atoms with Crippen LogP contribution in [0, 0.1) is 30.5 Å². The smallest absolute Gasteiger partial charge is 0.251 e. The number of carbonyl (C=O) groups is 2. The van der Waals surface area contributed by atoms with Gasteiger partial charge in [0, 0.05) is 30.1 Å². The van der Waals surface area contributed by atoms with Crippen LogP contribution in [-0.4, -0.2) is 28.8 Å². The Bertz CT molecular complexity index is 1430. The molecule has 1 fully saturated rings. The van der Waals surface area contributed by atoms with Crippen molar-refractivity contribution in [2.75, 3.05) is 17.7 Å². The Balaban J connectivity index is 1.34. The largest absolute Gasteiger partial charge is 0.369 e. The second kappa shape index (κ2) is 9.82. The van der Waals surface area contributed by atoms with Crippen LogP contribution >= 0.6 is 11.6 Å². The lowest BCUT2D eigenvalue weighted by Crippen LogP contribution is -2.27. The summed E-state index contributed by atoms with van der Waals surface area (Å²) in [4.78, 5) is 32.0. The normalized spacial score (nSPS) is 19.9. The van der Waals surface area contributed by atoms with Crippen LogP contribution in [0.1, 0.15) is 28.8 Å². The van der Waals surface area contributed by atoms with Crippen LogP contribution in [0.3, 0.4) is 0 Å². The van der Waals surface area contributed by atoms with Crippen molar-refractivity contribution in [1.29, 1.82) is 0 Å². The Kier molecular flexibility index (Phi) is 6.55. The molecule has 0 radical (unpaired) electrons. The van der Waals surface area contributed by atoms with Crippen molar-refractivity contribution in [3.8, 4) is 11.1 Å². The van der Waals surface area contributed by atoms with E-state index in [4.69, 9.17) is 17.3 Å². The van der Waals surface area contributed by atoms with Gasteiger partial charge >= 0.3 is 0 Å². The lowest BCUT2D eigenvalue weighted by atomic mass is 9.91. The minimum absolute atomic E-state index is 0.124. The van der Waals surface area contributed by atoms with E-state index in [1.807, 2.05) is 13.0 Å². The molecule has 190 valence electrons. The molecular weight excluding hydrogens is 495 g/mol. The first-order valence-electron chi connectivity index (χ1n) is 11.9. The fourth-order valence-electron chi connectivity index (χ4n) is 5.15. The van der Waals surface area contributed by atoms with Crippen LogP contribution in [-0.2, 0) is 4.79 Å². The number of aromatic nitrogens is 2. The second-order valence-electron chi connectivity index (χ2n) is 9.41. The van der Waals surface area contributed by atoms with Crippen molar-refractivity contribution >= 4 is 40.9 Å². The quantitative estimate of drug-likeness (QED) is 0.355. The Hall–Kier alpha value is -3.98. The summed E-state index contributed by atoms with van der Waals surface area (Å²) in [6.45, 7) is 1.88. The molecule has 0 unspecified atom stereocenters. The zero-order valence-electron chi connectivity index (χ0n) is 20.3. The second-order valence-corrected chi connectivity index (χ2v) is 9.81. The number of carbonyl (C=O) groups excluding carboxylic acids is 2. The first-order chi connectivity index (χ1) is 17.7. The van der Waals surface area contributed by atoms with Gasteiger partial charge in [-0.15, -0.1) is 0 Å². The van der Waals surface area contributed by atoms with Gasteiger partial charge in [0.05, 0.1) is 11.9 Å². The molecule has 0 spiro atoms. The molecule has 8 nitrogen and oxygen atoms in total. The molecule has 37 heavy (non-hydrogen) atoms. The maximum atomic E-state index is 15.1. The topological polar surface area (TPSA) is 122 Å². The number of hydrogen-bond donors (Lipinski definition) is 4. The first kappa shape index (κ1) is 24.7. The highest BCUT2D eigenvalue weighted by atomic mass is 35.5. The van der Waals surface area contributed by atoms with Gasteiger partial charge in [0.1, 0.15) is 10.8 Å². The number of fused-ring (bicyclic) bond motifs is 2. The van der Waals surface area contributed by atoms with Crippen molar-refractivity contribution in [2.24, 2.45) is 23.5 Å². The maximum absolute atomic E-state index is 15.1. The van der Waals surface area contributed by atoms with Crippen LogP contribution in [0.25, 0.3) is 11.1 Å². The SMILES string of the molecule is CNC(=O)c1ccc(-c2cc(F)c(Nc3ncc(Cl)c(NC4=C[C@H]5C[C@H]4C[C@H]5C(N)=O)n3)cc2C)cc1. The lowest BCUT2D eigenvalue weighted by Gasteiger charge is -2.20. The number of hydrogen-bond acceptors (Lipinski definition) is 6. The number of nitrogens with one attached hydrogen (secondary N) is 3. The lowest BCUT2D eigenvalue weighted by molar-refractivity contribution is -0.122. The van der Waals surface area contributed by atoms with Crippen molar-refractivity contribution in [1.82, 2.24) is 15.3 Å². The predicted molar refractivity (Wildman–Crippen MR) is 141 cm³/mol. The number of rotatable bonds is 7. The van der Waals surface area contributed by atoms with E-state index in [0.717, 1.165) is 23.2 Å². The summed E-state index contributed by atoms with van der Waals surface area (Å²) in [7, 11) is 1.57. The highest BCUT2D eigenvalue weighted by Gasteiger charge is 2.43. The fraction of sp³-hybridized carbons (Fsp3) is 0.259. The molecule has 2 amide bonds. The molecular formula is C27H26ClFN6O2. The van der Waals surface area contributed by atoms with Gasteiger partial charge in [0.2, 0.25) is 11.9 Å². The van der Waals surface area contributed by atoms with E-state index in [1.54, 1.807) is 37.4 Å². The highest BCUT2D eigenvalue weighted by molar-refractivity contribution is 6.32. The Morgan fingerprint density at radius 3 is 2.54 bits per heavy atom. The molecule has 0 aliphatic heterocycles. The number of allylic oxidation sites excluding steroid dienone is 2. The average Bonchev–Trinajstić information content (AvgIpc) is 3.48. The number of anilines is 3. The first-order valence-corrected chi connectivity index (χ1v) is 12.3. The van der Waals surface area contributed by atoms with Crippen LogP contribution < -0.4 is 21.7 Å². The van der Waals surface area contributed by atoms with Gasteiger partial charge in [-0.05, 0) is 66.6 Å². The summed E-state index contributed by atoms with van der Waals surface area (Å²) < 4.78 is 15.1. The Morgan fingerprint density at radius 2 is 1.89 bits per heavy atom. The molecule has 1 aromatic heterocycles. The summed E-state index contributed by atoms with van der Waals surface area (Å²) >= 11 is 6.33. The number of benzene rings is 2. The van der Waals surface area contributed by atoms with Gasteiger partial charge in [-0.25, -0.2) is 9.37 Å². The Morgan fingerprint density at radius 1 is 1.14 bits per heavy atom. The van der Waals surface area contributed by atoms with Gasteiger partial charge < -0.3 is 21.7 Å². The van der Waals surface area contributed by atoms with E-state index in [0.29, 0.717) is 28.4 Å². The number of nitrogens with zero attached hydrogens (tertiary/aromatic N) is 2. The summed E-state index contributed by atoms with van der Waals surface area (Å²) in [5, 5.41) is 9.11. The van der Waals surface area contributed by atoms with E-state index in [-0.39, 0.29) is 41.2 Å². The summed E-state index contributed by atoms with van der Waals surface area (Å²) in [5.41, 5.74) is 9.55. The zero-order valence-corrected chi connectivity index (χ0v) is 21.1. The van der Waals surface area contributed by atoms with E-state index in [9.17, 15) is 9.59 Å². The molecule has 3 aromatic rings. The van der Waals surface area contributed by atoms with Crippen molar-refractivity contribution in [2.45, 2.75) is 19.8 Å². The number of aryl methyl sites for hydroxylation is 1. The molecule has 10 heteroatoms. The van der Waals surface area contributed by atoms with E-state index in [1.165, 1.54) is 12.3 Å². The molecule has 2 bridgehead atoms. The minimum atomic E-state index is -0.475. The number of halogens is 2. The molecule has 1 heterocycles. The van der Waals surface area contributed by atoms with Crippen molar-refractivity contribution < 1.29 is 14.0 Å². The number of amides is 2. The third-order valence-electron chi connectivity index (χ3n) is 7.06. The molecule has 2 aliphatic carbocycles. The summed E-state index contributed by atoms with van der Waals surface area (Å²) in [5.74, 6) is -0.142. The van der Waals surface area contributed by atoms with Crippen LogP contribution in [0.4, 0.5) is 21.8 Å². The summed E-state index contributed by atoms with van der Waals surface area (Å²) in [6, 6.07) is 10.1. The standard InChI is InChI=1S/C27H26ClFN6O2/c1-13-7-23(21(29)11-18(13)14-3-5-15(6-4-14)26(37)31-2)34-27-32-12-20(28)25(35-27)33-22-10-16-8-17(22)9-19(16)24(30)36/h3-7,10-12,16-17,19H,8-9H2,1-2H3,(H2,30,36)(H,31,37)(H2,32,33,34,35)/t16-,17+,19-/m1/s1. The highest BCUT2D eigenvalue weighted by Crippen LogP contribution is 2.47. The Labute approximate surface area is 218 Å². The predicted octanol–water partition coefficient (Wildman–Crippen LogP) is 4.78. The third kappa shape index (κ3) is 4.86. The van der Waals surface area contributed by atoms with Crippen molar-refractivity contribution in [3.05, 3.63) is 76.3 Å². The monoisotopic (exact) mass is 520 g/mol. The number of primary amides is 1. The third-order valence-corrected chi connectivity index (χ3v) is 7.34. The minimum Gasteiger partial charge on any atom is -0.369 e. The van der Waals surface area contributed by atoms with E-state index < -0.39 is 5.82 Å². The van der Waals surface area contributed by atoms with Crippen LogP contribution in [0.2, 0.25) is 5.02 Å². The summed E-state index contributed by atoms with van der Waals surface area (Å²) in [6.07, 6.45) is 5.05. The van der Waals surface area contributed by atoms with Gasteiger partial charge in [0.15, 0.2) is 5.82 Å². The number of nitrogens with two attached hydrogens (primary N) is 1. The molecule has 3 atom stereocenters. The molecule has 0 saturated heterocycles. The molecule has 2 aliphatic rings.